The Morgan fingerprint density at radius 3 is 3.00 bits per heavy atom. The number of piperidine rings is 1. The van der Waals surface area contributed by atoms with E-state index in [1.807, 2.05) is 30.5 Å². The second kappa shape index (κ2) is 5.60. The maximum atomic E-state index is 12.6. The average Bonchev–Trinajstić information content (AvgIpc) is 2.93. The Labute approximate surface area is 122 Å². The fourth-order valence-electron chi connectivity index (χ4n) is 3.03. The molecule has 1 aromatic carbocycles. The molecule has 0 saturated carbocycles. The van der Waals surface area contributed by atoms with Crippen LogP contribution in [0.1, 0.15) is 29.6 Å². The Balaban J connectivity index is 1.75. The van der Waals surface area contributed by atoms with Crippen LogP contribution in [0.2, 0.25) is 0 Å². The van der Waals surface area contributed by atoms with Crippen LogP contribution in [0.3, 0.4) is 0 Å². The second-order valence-corrected chi connectivity index (χ2v) is 5.64. The van der Waals surface area contributed by atoms with Crippen molar-refractivity contribution in [3.8, 4) is 0 Å². The lowest BCUT2D eigenvalue weighted by Crippen LogP contribution is -2.40. The van der Waals surface area contributed by atoms with Crippen molar-refractivity contribution in [3.63, 3.8) is 0 Å². The molecule has 0 radical (unpaired) electrons. The SMILES string of the molecule is O=C(O)CC1CCCN(C(=O)c2ccc3[nH]ccc3c2)C1. The molecule has 5 heteroatoms. The molecular weight excluding hydrogens is 268 g/mol. The number of carboxylic acids is 1. The normalized spacial score (nSPS) is 18.9. The Hall–Kier alpha value is -2.30. The van der Waals surface area contributed by atoms with Gasteiger partial charge < -0.3 is 15.0 Å². The lowest BCUT2D eigenvalue weighted by molar-refractivity contribution is -0.138. The molecule has 0 aliphatic carbocycles. The summed E-state index contributed by atoms with van der Waals surface area (Å²) in [6.45, 7) is 1.25. The molecular formula is C16H18N2O3. The number of hydrogen-bond acceptors (Lipinski definition) is 2. The van der Waals surface area contributed by atoms with Gasteiger partial charge in [0.1, 0.15) is 0 Å². The zero-order chi connectivity index (χ0) is 14.8. The van der Waals surface area contributed by atoms with Gasteiger partial charge >= 0.3 is 5.97 Å². The number of aromatic amines is 1. The molecule has 1 atom stereocenters. The first-order valence-corrected chi connectivity index (χ1v) is 7.21. The van der Waals surface area contributed by atoms with Crippen LogP contribution >= 0.6 is 0 Å². The van der Waals surface area contributed by atoms with Gasteiger partial charge in [-0.2, -0.15) is 0 Å². The Morgan fingerprint density at radius 2 is 2.19 bits per heavy atom. The number of fused-ring (bicyclic) bond motifs is 1. The van der Waals surface area contributed by atoms with Crippen LogP contribution in [0.5, 0.6) is 0 Å². The van der Waals surface area contributed by atoms with Gasteiger partial charge in [-0.25, -0.2) is 0 Å². The molecule has 5 nitrogen and oxygen atoms in total. The monoisotopic (exact) mass is 286 g/mol. The molecule has 0 spiro atoms. The van der Waals surface area contributed by atoms with Crippen LogP contribution < -0.4 is 0 Å². The number of amides is 1. The number of H-pyrrole nitrogens is 1. The maximum absolute atomic E-state index is 12.6. The maximum Gasteiger partial charge on any atom is 0.303 e. The number of carbonyl (C=O) groups excluding carboxylic acids is 1. The number of hydrogen-bond donors (Lipinski definition) is 2. The van der Waals surface area contributed by atoms with E-state index in [9.17, 15) is 9.59 Å². The molecule has 2 N–H and O–H groups in total. The van der Waals surface area contributed by atoms with Crippen molar-refractivity contribution < 1.29 is 14.7 Å². The largest absolute Gasteiger partial charge is 0.481 e. The summed E-state index contributed by atoms with van der Waals surface area (Å²) in [4.78, 5) is 28.3. The van der Waals surface area contributed by atoms with E-state index in [-0.39, 0.29) is 18.2 Å². The number of nitrogens with one attached hydrogen (secondary N) is 1. The van der Waals surface area contributed by atoms with Gasteiger partial charge in [0, 0.05) is 42.2 Å². The van der Waals surface area contributed by atoms with E-state index >= 15 is 0 Å². The highest BCUT2D eigenvalue weighted by Crippen LogP contribution is 2.22. The summed E-state index contributed by atoms with van der Waals surface area (Å²) >= 11 is 0. The third kappa shape index (κ3) is 2.91. The molecule has 1 unspecified atom stereocenters. The van der Waals surface area contributed by atoms with Crippen molar-refractivity contribution in [2.45, 2.75) is 19.3 Å². The first-order valence-electron chi connectivity index (χ1n) is 7.21. The van der Waals surface area contributed by atoms with Crippen LogP contribution in [0, 0.1) is 5.92 Å². The zero-order valence-corrected chi connectivity index (χ0v) is 11.7. The third-order valence-electron chi connectivity index (χ3n) is 4.07. The van der Waals surface area contributed by atoms with Gasteiger partial charge in [0.25, 0.3) is 5.91 Å². The van der Waals surface area contributed by atoms with Gasteiger partial charge in [-0.15, -0.1) is 0 Å². The number of benzene rings is 1. The number of carbonyl (C=O) groups is 2. The van der Waals surface area contributed by atoms with E-state index < -0.39 is 5.97 Å². The topological polar surface area (TPSA) is 73.4 Å². The molecule has 3 rings (SSSR count). The smallest absolute Gasteiger partial charge is 0.303 e. The summed E-state index contributed by atoms with van der Waals surface area (Å²) in [5.74, 6) is -0.729. The molecule has 1 saturated heterocycles. The van der Waals surface area contributed by atoms with Gasteiger partial charge in [0.05, 0.1) is 0 Å². The van der Waals surface area contributed by atoms with Gasteiger partial charge in [0.2, 0.25) is 0 Å². The number of nitrogens with zero attached hydrogens (tertiary/aromatic N) is 1. The van der Waals surface area contributed by atoms with Crippen LogP contribution in [-0.4, -0.2) is 40.0 Å². The Kier molecular flexibility index (Phi) is 3.64. The van der Waals surface area contributed by atoms with Crippen molar-refractivity contribution in [2.24, 2.45) is 5.92 Å². The van der Waals surface area contributed by atoms with Crippen LogP contribution in [0.15, 0.2) is 30.5 Å². The number of rotatable bonds is 3. The van der Waals surface area contributed by atoms with E-state index in [4.69, 9.17) is 5.11 Å². The Bertz CT molecular complexity index is 677. The van der Waals surface area contributed by atoms with E-state index in [2.05, 4.69) is 4.98 Å². The molecule has 1 aliphatic rings. The van der Waals surface area contributed by atoms with Crippen molar-refractivity contribution in [3.05, 3.63) is 36.0 Å². The fourth-order valence-corrected chi connectivity index (χ4v) is 3.03. The van der Waals surface area contributed by atoms with Crippen LogP contribution in [0.25, 0.3) is 10.9 Å². The first kappa shape index (κ1) is 13.7. The molecule has 2 heterocycles. The minimum atomic E-state index is -0.789. The van der Waals surface area contributed by atoms with Gasteiger partial charge in [-0.3, -0.25) is 9.59 Å². The molecule has 1 aromatic heterocycles. The van der Waals surface area contributed by atoms with E-state index in [1.54, 1.807) is 4.90 Å². The first-order chi connectivity index (χ1) is 10.1. The standard InChI is InChI=1S/C16H18N2O3/c19-15(20)8-11-2-1-7-18(10-11)16(21)13-3-4-14-12(9-13)5-6-17-14/h3-6,9,11,17H,1-2,7-8,10H2,(H,19,20). The van der Waals surface area contributed by atoms with Crippen LogP contribution in [-0.2, 0) is 4.79 Å². The van der Waals surface area contributed by atoms with Gasteiger partial charge in [-0.1, -0.05) is 0 Å². The molecule has 1 aliphatic heterocycles. The lowest BCUT2D eigenvalue weighted by atomic mass is 9.94. The van der Waals surface area contributed by atoms with Crippen molar-refractivity contribution in [2.75, 3.05) is 13.1 Å². The summed E-state index contributed by atoms with van der Waals surface area (Å²) in [5.41, 5.74) is 1.67. The minimum Gasteiger partial charge on any atom is -0.481 e. The highest BCUT2D eigenvalue weighted by Gasteiger charge is 2.26. The number of aliphatic carboxylic acids is 1. The molecule has 0 bridgehead atoms. The molecule has 2 aromatic rings. The predicted octanol–water partition coefficient (Wildman–Crippen LogP) is 2.49. The number of likely N-dealkylation sites (tertiary alicyclic amines) is 1. The molecule has 110 valence electrons. The third-order valence-corrected chi connectivity index (χ3v) is 4.07. The second-order valence-electron chi connectivity index (χ2n) is 5.64. The minimum absolute atomic E-state index is 0.00631. The number of aromatic nitrogens is 1. The van der Waals surface area contributed by atoms with Crippen LogP contribution in [0.4, 0.5) is 0 Å². The lowest BCUT2D eigenvalue weighted by Gasteiger charge is -2.32. The van der Waals surface area contributed by atoms with Crippen molar-refractivity contribution in [1.82, 2.24) is 9.88 Å². The highest BCUT2D eigenvalue weighted by molar-refractivity contribution is 5.98. The summed E-state index contributed by atoms with van der Waals surface area (Å²) in [6, 6.07) is 7.55. The molecule has 1 fully saturated rings. The van der Waals surface area contributed by atoms with Crippen molar-refractivity contribution >= 4 is 22.8 Å². The fraction of sp³-hybridized carbons (Fsp3) is 0.375. The van der Waals surface area contributed by atoms with Crippen molar-refractivity contribution in [1.29, 1.82) is 0 Å². The Morgan fingerprint density at radius 1 is 1.33 bits per heavy atom. The quantitative estimate of drug-likeness (QED) is 0.910. The molecule has 1 amide bonds. The predicted molar refractivity (Wildman–Crippen MR) is 79.2 cm³/mol. The van der Waals surface area contributed by atoms with E-state index in [0.717, 1.165) is 23.7 Å². The van der Waals surface area contributed by atoms with E-state index in [1.165, 1.54) is 0 Å². The number of carboxylic acid groups (broad SMARTS) is 1. The highest BCUT2D eigenvalue weighted by atomic mass is 16.4. The summed E-state index contributed by atoms with van der Waals surface area (Å²) < 4.78 is 0. The van der Waals surface area contributed by atoms with Gasteiger partial charge in [0.15, 0.2) is 0 Å². The molecule has 21 heavy (non-hydrogen) atoms. The van der Waals surface area contributed by atoms with E-state index in [0.29, 0.717) is 18.7 Å². The zero-order valence-electron chi connectivity index (χ0n) is 11.7. The summed E-state index contributed by atoms with van der Waals surface area (Å²) in [5, 5.41) is 9.91. The summed E-state index contributed by atoms with van der Waals surface area (Å²) in [6.07, 6.45) is 3.74. The summed E-state index contributed by atoms with van der Waals surface area (Å²) in [7, 11) is 0. The average molecular weight is 286 g/mol. The van der Waals surface area contributed by atoms with Gasteiger partial charge in [-0.05, 0) is 43.0 Å².